The van der Waals surface area contributed by atoms with Crippen LogP contribution in [0.25, 0.3) is 0 Å². The summed E-state index contributed by atoms with van der Waals surface area (Å²) in [7, 11) is 1.54. The Morgan fingerprint density at radius 1 is 0.938 bits per heavy atom. The Kier molecular flexibility index (Phi) is 5.56. The van der Waals surface area contributed by atoms with E-state index in [4.69, 9.17) is 9.47 Å². The third-order valence-electron chi connectivity index (χ3n) is 4.83. The number of fused-ring (bicyclic) bond motifs is 1. The fourth-order valence-electron chi connectivity index (χ4n) is 3.26. The van der Waals surface area contributed by atoms with Crippen LogP contribution in [0, 0.1) is 5.92 Å². The van der Waals surface area contributed by atoms with E-state index in [1.807, 2.05) is 0 Å². The average Bonchev–Trinajstić information content (AvgIpc) is 2.77. The van der Waals surface area contributed by atoms with Crippen LogP contribution in [-0.4, -0.2) is 30.0 Å². The molecule has 0 N–H and O–H groups in total. The van der Waals surface area contributed by atoms with Crippen molar-refractivity contribution in [1.29, 1.82) is 0 Å². The Bertz CT molecular complexity index is 1170. The zero-order chi connectivity index (χ0) is 22.9. The lowest BCUT2D eigenvalue weighted by Crippen LogP contribution is -2.25. The molecule has 6 nitrogen and oxygen atoms in total. The standard InChI is InChI=1S/C23H17F3N2O4/c1-13-21(28-19-11-17(30-2)8-9-18(19)22(13)29)14-3-10-20(27-12-14)31-15-4-6-16(7-5-15)32-23(24,25)26/h3-13H,1-2H3. The number of aliphatic imine (C=N–C) groups is 1. The number of hydrogen-bond donors (Lipinski definition) is 0. The van der Waals surface area contributed by atoms with Crippen LogP contribution >= 0.6 is 0 Å². The monoisotopic (exact) mass is 442 g/mol. The van der Waals surface area contributed by atoms with E-state index in [1.54, 1.807) is 44.4 Å². The molecule has 0 radical (unpaired) electrons. The van der Waals surface area contributed by atoms with E-state index < -0.39 is 12.3 Å². The van der Waals surface area contributed by atoms with Crippen LogP contribution in [0.4, 0.5) is 18.9 Å². The third kappa shape index (κ3) is 4.56. The SMILES string of the molecule is COc1ccc2c(c1)N=C(c1ccc(Oc3ccc(OC(F)(F)F)cc3)nc1)C(C)C2=O. The molecule has 0 saturated carbocycles. The van der Waals surface area contributed by atoms with Gasteiger partial charge in [-0.15, -0.1) is 13.2 Å². The largest absolute Gasteiger partial charge is 0.573 e. The molecule has 3 aromatic rings. The zero-order valence-electron chi connectivity index (χ0n) is 17.0. The Balaban J connectivity index is 1.53. The Morgan fingerprint density at radius 3 is 2.25 bits per heavy atom. The van der Waals surface area contributed by atoms with Gasteiger partial charge in [-0.2, -0.15) is 0 Å². The average molecular weight is 442 g/mol. The van der Waals surface area contributed by atoms with E-state index in [0.717, 1.165) is 12.1 Å². The summed E-state index contributed by atoms with van der Waals surface area (Å²) >= 11 is 0. The summed E-state index contributed by atoms with van der Waals surface area (Å²) in [5, 5.41) is 0. The van der Waals surface area contributed by atoms with Gasteiger partial charge in [0.25, 0.3) is 0 Å². The zero-order valence-corrected chi connectivity index (χ0v) is 17.0. The normalized spacial score (nSPS) is 15.6. The van der Waals surface area contributed by atoms with Crippen LogP contribution in [0.5, 0.6) is 23.1 Å². The molecule has 1 atom stereocenters. The molecule has 0 spiro atoms. The van der Waals surface area contributed by atoms with E-state index in [9.17, 15) is 18.0 Å². The van der Waals surface area contributed by atoms with Gasteiger partial charge in [-0.3, -0.25) is 9.79 Å². The maximum Gasteiger partial charge on any atom is 0.573 e. The highest BCUT2D eigenvalue weighted by Gasteiger charge is 2.31. The number of ether oxygens (including phenoxy) is 3. The van der Waals surface area contributed by atoms with Gasteiger partial charge in [0.1, 0.15) is 17.2 Å². The molecule has 0 bridgehead atoms. The Morgan fingerprint density at radius 2 is 1.62 bits per heavy atom. The summed E-state index contributed by atoms with van der Waals surface area (Å²) in [6, 6.07) is 13.4. The molecule has 9 heteroatoms. The quantitative estimate of drug-likeness (QED) is 0.504. The first-order valence-electron chi connectivity index (χ1n) is 9.54. The van der Waals surface area contributed by atoms with Crippen molar-refractivity contribution in [2.45, 2.75) is 13.3 Å². The van der Waals surface area contributed by atoms with Crippen LogP contribution in [0.1, 0.15) is 22.8 Å². The summed E-state index contributed by atoms with van der Waals surface area (Å²) < 4.78 is 51.4. The fourth-order valence-corrected chi connectivity index (χ4v) is 3.26. The van der Waals surface area contributed by atoms with Crippen LogP contribution in [0.3, 0.4) is 0 Å². The van der Waals surface area contributed by atoms with Crippen molar-refractivity contribution in [3.8, 4) is 23.1 Å². The van der Waals surface area contributed by atoms with E-state index in [-0.39, 0.29) is 17.4 Å². The molecular weight excluding hydrogens is 425 g/mol. The van der Waals surface area contributed by atoms with Crippen LogP contribution < -0.4 is 14.2 Å². The third-order valence-corrected chi connectivity index (χ3v) is 4.83. The van der Waals surface area contributed by atoms with Crippen LogP contribution in [0.2, 0.25) is 0 Å². The molecule has 0 fully saturated rings. The first kappa shape index (κ1) is 21.4. The van der Waals surface area contributed by atoms with Gasteiger partial charge in [0.15, 0.2) is 5.78 Å². The molecule has 2 heterocycles. The molecule has 0 saturated heterocycles. The number of halogens is 3. The maximum absolute atomic E-state index is 12.8. The van der Waals surface area contributed by atoms with Crippen molar-refractivity contribution in [2.75, 3.05) is 7.11 Å². The summed E-state index contributed by atoms with van der Waals surface area (Å²) in [6.07, 6.45) is -3.23. The molecule has 4 rings (SSSR count). The van der Waals surface area contributed by atoms with Crippen LogP contribution in [0.15, 0.2) is 65.8 Å². The molecule has 2 aromatic carbocycles. The molecule has 164 valence electrons. The van der Waals surface area contributed by atoms with E-state index in [1.165, 1.54) is 18.3 Å². The van der Waals surface area contributed by atoms with Gasteiger partial charge in [0.05, 0.1) is 24.4 Å². The fraction of sp³-hybridized carbons (Fsp3) is 0.174. The molecule has 0 aliphatic carbocycles. The van der Waals surface area contributed by atoms with Gasteiger partial charge >= 0.3 is 6.36 Å². The number of rotatable bonds is 5. The number of carbonyl (C=O) groups is 1. The lowest BCUT2D eigenvalue weighted by atomic mass is 9.88. The van der Waals surface area contributed by atoms with E-state index >= 15 is 0 Å². The summed E-state index contributed by atoms with van der Waals surface area (Å²) in [4.78, 5) is 21.6. The number of hydrogen-bond acceptors (Lipinski definition) is 6. The van der Waals surface area contributed by atoms with Crippen LogP contribution in [-0.2, 0) is 0 Å². The van der Waals surface area contributed by atoms with Crippen molar-refractivity contribution in [1.82, 2.24) is 4.98 Å². The highest BCUT2D eigenvalue weighted by molar-refractivity contribution is 6.22. The smallest absolute Gasteiger partial charge is 0.497 e. The molecule has 1 aromatic heterocycles. The number of Topliss-reactive ketones (excluding diaryl/α,β-unsaturated/α-hetero) is 1. The van der Waals surface area contributed by atoms with E-state index in [0.29, 0.717) is 34.0 Å². The van der Waals surface area contributed by atoms with Crippen molar-refractivity contribution in [2.24, 2.45) is 10.9 Å². The van der Waals surface area contributed by atoms with Gasteiger partial charge in [0.2, 0.25) is 5.88 Å². The number of alkyl halides is 3. The second-order valence-electron chi connectivity index (χ2n) is 6.97. The van der Waals surface area contributed by atoms with Crippen molar-refractivity contribution < 1.29 is 32.2 Å². The maximum atomic E-state index is 12.8. The molecule has 1 unspecified atom stereocenters. The minimum atomic E-state index is -4.76. The molecular formula is C23H17F3N2O4. The van der Waals surface area contributed by atoms with Gasteiger partial charge in [-0.1, -0.05) is 0 Å². The molecule has 1 aliphatic rings. The van der Waals surface area contributed by atoms with Crippen molar-refractivity contribution in [3.05, 3.63) is 71.9 Å². The highest BCUT2D eigenvalue weighted by Crippen LogP contribution is 2.34. The number of nitrogens with zero attached hydrogens (tertiary/aromatic N) is 2. The van der Waals surface area contributed by atoms with Gasteiger partial charge in [-0.25, -0.2) is 4.98 Å². The van der Waals surface area contributed by atoms with Gasteiger partial charge in [0, 0.05) is 29.5 Å². The predicted molar refractivity (Wildman–Crippen MR) is 110 cm³/mol. The molecule has 32 heavy (non-hydrogen) atoms. The topological polar surface area (TPSA) is 70.0 Å². The molecule has 0 amide bonds. The van der Waals surface area contributed by atoms with Gasteiger partial charge in [-0.05, 0) is 49.4 Å². The minimum Gasteiger partial charge on any atom is -0.497 e. The van der Waals surface area contributed by atoms with Crippen molar-refractivity contribution >= 4 is 17.2 Å². The first-order chi connectivity index (χ1) is 15.2. The number of ketones is 1. The Labute approximate surface area is 181 Å². The second-order valence-corrected chi connectivity index (χ2v) is 6.97. The minimum absolute atomic E-state index is 0.0471. The lowest BCUT2D eigenvalue weighted by Gasteiger charge is -2.21. The van der Waals surface area contributed by atoms with Gasteiger partial charge < -0.3 is 14.2 Å². The summed E-state index contributed by atoms with van der Waals surface area (Å²) in [5.74, 6) is 0.275. The number of aromatic nitrogens is 1. The predicted octanol–water partition coefficient (Wildman–Crippen LogP) is 5.73. The lowest BCUT2D eigenvalue weighted by molar-refractivity contribution is -0.274. The molecule has 1 aliphatic heterocycles. The second kappa shape index (κ2) is 8.33. The number of methoxy groups -OCH3 is 1. The number of pyridine rings is 1. The number of carbonyl (C=O) groups excluding carboxylic acids is 1. The van der Waals surface area contributed by atoms with Crippen molar-refractivity contribution in [3.63, 3.8) is 0 Å². The number of benzene rings is 2. The summed E-state index contributed by atoms with van der Waals surface area (Å²) in [5.41, 5.74) is 2.29. The highest BCUT2D eigenvalue weighted by atomic mass is 19.4. The summed E-state index contributed by atoms with van der Waals surface area (Å²) in [6.45, 7) is 1.78. The van der Waals surface area contributed by atoms with E-state index in [2.05, 4.69) is 14.7 Å². The Hall–Kier alpha value is -3.88. The first-order valence-corrected chi connectivity index (χ1v) is 9.54.